The molecule has 2 N–H and O–H groups in total. The van der Waals surface area contributed by atoms with Gasteiger partial charge in [0.25, 0.3) is 0 Å². The van der Waals surface area contributed by atoms with Crippen molar-refractivity contribution in [1.29, 1.82) is 0 Å². The molecule has 1 aliphatic rings. The van der Waals surface area contributed by atoms with Gasteiger partial charge in [0.2, 0.25) is 0 Å². The molecule has 0 aromatic heterocycles. The van der Waals surface area contributed by atoms with Crippen molar-refractivity contribution in [2.45, 2.75) is 23.1 Å². The van der Waals surface area contributed by atoms with Gasteiger partial charge in [-0.1, -0.05) is 140 Å². The first-order valence-corrected chi connectivity index (χ1v) is 15.7. The molecule has 0 spiro atoms. The van der Waals surface area contributed by atoms with Crippen LogP contribution in [0.1, 0.15) is 40.2 Å². The van der Waals surface area contributed by atoms with E-state index in [1.54, 1.807) is 11.8 Å². The Balaban J connectivity index is 1.17. The molecule has 1 atom stereocenters. The number of fused-ring (bicyclic) bond motifs is 3. The summed E-state index contributed by atoms with van der Waals surface area (Å²) in [5, 5.41) is 12.7. The molecule has 1 aliphatic carbocycles. The summed E-state index contributed by atoms with van der Waals surface area (Å²) in [7, 11) is 0. The predicted molar refractivity (Wildman–Crippen MR) is 176 cm³/mol. The van der Waals surface area contributed by atoms with E-state index in [0.717, 1.165) is 38.9 Å². The van der Waals surface area contributed by atoms with Crippen molar-refractivity contribution in [3.63, 3.8) is 0 Å². The molecule has 0 unspecified atom stereocenters. The van der Waals surface area contributed by atoms with Crippen molar-refractivity contribution in [2.24, 2.45) is 0 Å². The minimum atomic E-state index is -1.10. The second kappa shape index (κ2) is 13.2. The van der Waals surface area contributed by atoms with Crippen molar-refractivity contribution in [3.8, 4) is 11.1 Å². The number of carbonyl (C=O) groups is 2. The number of carboxylic acids is 1. The van der Waals surface area contributed by atoms with Gasteiger partial charge >= 0.3 is 12.1 Å². The topological polar surface area (TPSA) is 75.6 Å². The van der Waals surface area contributed by atoms with E-state index in [2.05, 4.69) is 66.0 Å². The fourth-order valence-corrected chi connectivity index (χ4v) is 7.71. The van der Waals surface area contributed by atoms with Gasteiger partial charge in [0, 0.05) is 5.92 Å². The Morgan fingerprint density at radius 2 is 1.11 bits per heavy atom. The highest BCUT2D eigenvalue weighted by Crippen LogP contribution is 2.49. The number of nitrogens with one attached hydrogen (secondary N) is 1. The van der Waals surface area contributed by atoms with Crippen LogP contribution >= 0.6 is 11.8 Å². The van der Waals surface area contributed by atoms with Crippen LogP contribution in [0.25, 0.3) is 11.1 Å². The van der Waals surface area contributed by atoms with Gasteiger partial charge < -0.3 is 15.2 Å². The van der Waals surface area contributed by atoms with Crippen molar-refractivity contribution in [1.82, 2.24) is 5.32 Å². The van der Waals surface area contributed by atoms with Gasteiger partial charge in [0.05, 0.1) is 4.75 Å². The summed E-state index contributed by atoms with van der Waals surface area (Å²) in [5.41, 5.74) is 7.77. The van der Waals surface area contributed by atoms with E-state index >= 15 is 0 Å². The van der Waals surface area contributed by atoms with Crippen LogP contribution in [0.4, 0.5) is 4.79 Å². The van der Waals surface area contributed by atoms with E-state index in [1.807, 2.05) is 78.9 Å². The first kappa shape index (κ1) is 29.3. The van der Waals surface area contributed by atoms with Crippen LogP contribution in [-0.4, -0.2) is 35.6 Å². The van der Waals surface area contributed by atoms with Gasteiger partial charge in [-0.25, -0.2) is 9.59 Å². The van der Waals surface area contributed by atoms with Crippen molar-refractivity contribution in [3.05, 3.63) is 167 Å². The number of alkyl carbamates (subject to hydrolysis) is 1. The van der Waals surface area contributed by atoms with E-state index in [-0.39, 0.29) is 18.9 Å². The number of rotatable bonds is 11. The summed E-state index contributed by atoms with van der Waals surface area (Å²) >= 11 is 1.66. The molecule has 5 aromatic carbocycles. The smallest absolute Gasteiger partial charge is 0.407 e. The van der Waals surface area contributed by atoms with Crippen molar-refractivity contribution in [2.75, 3.05) is 12.4 Å². The van der Waals surface area contributed by atoms with Crippen LogP contribution in [0.15, 0.2) is 140 Å². The van der Waals surface area contributed by atoms with Crippen LogP contribution < -0.4 is 5.32 Å². The molecule has 0 saturated heterocycles. The van der Waals surface area contributed by atoms with Crippen molar-refractivity contribution >= 4 is 23.8 Å². The third-order valence-electron chi connectivity index (χ3n) is 8.20. The van der Waals surface area contributed by atoms with Gasteiger partial charge in [0.15, 0.2) is 0 Å². The first-order chi connectivity index (χ1) is 21.6. The Bertz CT molecular complexity index is 1580. The number of aliphatic carboxylic acids is 1. The van der Waals surface area contributed by atoms with Crippen LogP contribution in [0.5, 0.6) is 0 Å². The molecule has 0 bridgehead atoms. The zero-order valence-electron chi connectivity index (χ0n) is 24.1. The lowest BCUT2D eigenvalue weighted by molar-refractivity contribution is -0.139. The third-order valence-corrected chi connectivity index (χ3v) is 9.78. The summed E-state index contributed by atoms with van der Waals surface area (Å²) in [6, 6.07) is 45.9. The maximum absolute atomic E-state index is 13.0. The highest BCUT2D eigenvalue weighted by molar-refractivity contribution is 8.00. The maximum Gasteiger partial charge on any atom is 0.407 e. The second-order valence-corrected chi connectivity index (χ2v) is 12.1. The minimum Gasteiger partial charge on any atom is -0.480 e. The number of carbonyl (C=O) groups excluding carboxylic acids is 1. The molecule has 6 heteroatoms. The largest absolute Gasteiger partial charge is 0.480 e. The average Bonchev–Trinajstić information content (AvgIpc) is 3.40. The van der Waals surface area contributed by atoms with Crippen LogP contribution in [0.3, 0.4) is 0 Å². The number of amides is 1. The molecule has 0 heterocycles. The van der Waals surface area contributed by atoms with Crippen LogP contribution in [-0.2, 0) is 14.3 Å². The standard InChI is InChI=1S/C38H33NO4S/c40-36(41)35(39-37(42)43-26-34-32-22-12-10-20-30(32)31-21-11-13-23-33(31)34)24-25-44-38(27-14-4-1-5-15-27,28-16-6-2-7-17-28)29-18-8-3-9-19-29/h1-23,34-35H,24-26H2,(H,39,42)(H,40,41)/t35-/m0/s1. The number of ether oxygens (including phenoxy) is 1. The van der Waals surface area contributed by atoms with Crippen molar-refractivity contribution < 1.29 is 19.4 Å². The Hall–Kier alpha value is -4.81. The van der Waals surface area contributed by atoms with Crippen LogP contribution in [0.2, 0.25) is 0 Å². The van der Waals surface area contributed by atoms with Crippen LogP contribution in [0, 0.1) is 0 Å². The average molecular weight is 600 g/mol. The van der Waals surface area contributed by atoms with Gasteiger partial charge in [-0.2, -0.15) is 0 Å². The number of thioether (sulfide) groups is 1. The van der Waals surface area contributed by atoms with E-state index in [4.69, 9.17) is 4.74 Å². The molecular formula is C38H33NO4S. The SMILES string of the molecule is O=C(N[C@@H](CCSC(c1ccccc1)(c1ccccc1)c1ccccc1)C(=O)O)OCC1c2ccccc2-c2ccccc21. The Morgan fingerprint density at radius 1 is 0.682 bits per heavy atom. The summed E-state index contributed by atoms with van der Waals surface area (Å²) in [5.74, 6) is -0.724. The molecule has 44 heavy (non-hydrogen) atoms. The van der Waals surface area contributed by atoms with E-state index in [9.17, 15) is 14.7 Å². The Kier molecular flexibility index (Phi) is 8.80. The van der Waals surface area contributed by atoms with Gasteiger partial charge in [-0.15, -0.1) is 11.8 Å². The molecule has 0 fully saturated rings. The first-order valence-electron chi connectivity index (χ1n) is 14.7. The normalized spacial score (nSPS) is 13.0. The predicted octanol–water partition coefficient (Wildman–Crippen LogP) is 8.09. The molecular weight excluding hydrogens is 566 g/mol. The molecule has 5 aromatic rings. The molecule has 5 nitrogen and oxygen atoms in total. The fourth-order valence-electron chi connectivity index (χ4n) is 6.14. The fraction of sp³-hybridized carbons (Fsp3) is 0.158. The quantitative estimate of drug-likeness (QED) is 0.150. The lowest BCUT2D eigenvalue weighted by Gasteiger charge is -2.35. The molecule has 220 valence electrons. The second-order valence-electron chi connectivity index (χ2n) is 10.8. The van der Waals surface area contributed by atoms with Gasteiger partial charge in [-0.3, -0.25) is 0 Å². The van der Waals surface area contributed by atoms with E-state index < -0.39 is 22.9 Å². The van der Waals surface area contributed by atoms with E-state index in [0.29, 0.717) is 5.75 Å². The molecule has 0 radical (unpaired) electrons. The van der Waals surface area contributed by atoms with E-state index in [1.165, 1.54) is 0 Å². The summed E-state index contributed by atoms with van der Waals surface area (Å²) in [4.78, 5) is 25.3. The molecule has 0 saturated carbocycles. The lowest BCUT2D eigenvalue weighted by atomic mass is 9.84. The van der Waals surface area contributed by atoms with Gasteiger partial charge in [-0.05, 0) is 51.1 Å². The lowest BCUT2D eigenvalue weighted by Crippen LogP contribution is -2.42. The molecule has 1 amide bonds. The monoisotopic (exact) mass is 599 g/mol. The zero-order chi connectivity index (χ0) is 30.4. The Labute approximate surface area is 261 Å². The number of benzene rings is 5. The minimum absolute atomic E-state index is 0.102. The molecule has 6 rings (SSSR count). The number of hydrogen-bond acceptors (Lipinski definition) is 4. The highest BCUT2D eigenvalue weighted by Gasteiger charge is 2.37. The summed E-state index contributed by atoms with van der Waals surface area (Å²) in [6.07, 6.45) is -0.511. The highest BCUT2D eigenvalue weighted by atomic mass is 32.2. The molecule has 0 aliphatic heterocycles. The zero-order valence-corrected chi connectivity index (χ0v) is 25.0. The number of hydrogen-bond donors (Lipinski definition) is 2. The third kappa shape index (κ3) is 5.86. The summed E-state index contributed by atoms with van der Waals surface area (Å²) < 4.78 is 5.08. The van der Waals surface area contributed by atoms with Gasteiger partial charge in [0.1, 0.15) is 12.6 Å². The summed E-state index contributed by atoms with van der Waals surface area (Å²) in [6.45, 7) is 0.125. The number of carboxylic acid groups (broad SMARTS) is 1. The maximum atomic E-state index is 13.0. The Morgan fingerprint density at radius 3 is 1.57 bits per heavy atom.